The fourth-order valence-corrected chi connectivity index (χ4v) is 3.92. The third-order valence-corrected chi connectivity index (χ3v) is 5.35. The molecule has 1 aliphatic heterocycles. The Labute approximate surface area is 160 Å². The van der Waals surface area contributed by atoms with Crippen LogP contribution in [0.5, 0.6) is 0 Å². The number of ether oxygens (including phenoxy) is 1. The van der Waals surface area contributed by atoms with Crippen molar-refractivity contribution in [2.45, 2.75) is 19.1 Å². The predicted molar refractivity (Wildman–Crippen MR) is 103 cm³/mol. The SMILES string of the molecule is CC1C(c2ccccc2)OCCN1n1c(Cl)nc2c1c(=O)n(C)c(=O)n2C. The Kier molecular flexibility index (Phi) is 4.32. The minimum Gasteiger partial charge on any atom is -0.369 e. The van der Waals surface area contributed by atoms with Crippen LogP contribution in [-0.4, -0.2) is 38.0 Å². The second-order valence-electron chi connectivity index (χ2n) is 6.68. The molecule has 0 N–H and O–H groups in total. The van der Waals surface area contributed by atoms with Crippen LogP contribution < -0.4 is 16.3 Å². The average molecular weight is 390 g/mol. The van der Waals surface area contributed by atoms with E-state index in [-0.39, 0.29) is 28.6 Å². The topological polar surface area (TPSA) is 74.3 Å². The number of nitrogens with zero attached hydrogens (tertiary/aromatic N) is 5. The summed E-state index contributed by atoms with van der Waals surface area (Å²) < 4.78 is 10.0. The van der Waals surface area contributed by atoms with E-state index in [0.29, 0.717) is 13.2 Å². The standard InChI is InChI=1S/C18H20ClN5O3/c1-11-14(12-7-5-4-6-8-12)27-10-9-23(11)24-13-15(20-17(24)19)21(2)18(26)22(3)16(13)25/h4-8,11,14H,9-10H2,1-3H3. The molecule has 1 saturated heterocycles. The maximum atomic E-state index is 12.8. The molecule has 1 fully saturated rings. The van der Waals surface area contributed by atoms with E-state index < -0.39 is 11.2 Å². The highest BCUT2D eigenvalue weighted by molar-refractivity contribution is 6.29. The molecule has 0 saturated carbocycles. The highest BCUT2D eigenvalue weighted by atomic mass is 35.5. The second kappa shape index (κ2) is 6.54. The smallest absolute Gasteiger partial charge is 0.332 e. The van der Waals surface area contributed by atoms with Gasteiger partial charge < -0.3 is 9.75 Å². The normalized spacial score (nSPS) is 20.4. The number of aromatic nitrogens is 4. The van der Waals surface area contributed by atoms with Gasteiger partial charge in [0.2, 0.25) is 5.28 Å². The molecule has 3 heterocycles. The zero-order chi connectivity index (χ0) is 19.3. The number of rotatable bonds is 2. The molecule has 3 aromatic rings. The number of hydrogen-bond donors (Lipinski definition) is 0. The number of hydrogen-bond acceptors (Lipinski definition) is 5. The van der Waals surface area contributed by atoms with E-state index >= 15 is 0 Å². The summed E-state index contributed by atoms with van der Waals surface area (Å²) in [7, 11) is 3.03. The van der Waals surface area contributed by atoms with Gasteiger partial charge in [0.25, 0.3) is 5.56 Å². The van der Waals surface area contributed by atoms with Crippen molar-refractivity contribution in [2.24, 2.45) is 14.1 Å². The van der Waals surface area contributed by atoms with Gasteiger partial charge in [0.15, 0.2) is 11.2 Å². The lowest BCUT2D eigenvalue weighted by Gasteiger charge is -2.41. The van der Waals surface area contributed by atoms with Crippen LogP contribution in [0.25, 0.3) is 11.2 Å². The van der Waals surface area contributed by atoms with Gasteiger partial charge in [-0.15, -0.1) is 0 Å². The highest BCUT2D eigenvalue weighted by Gasteiger charge is 2.33. The Morgan fingerprint density at radius 3 is 2.56 bits per heavy atom. The third kappa shape index (κ3) is 2.67. The summed E-state index contributed by atoms with van der Waals surface area (Å²) in [6.07, 6.45) is -0.176. The molecule has 8 nitrogen and oxygen atoms in total. The maximum Gasteiger partial charge on any atom is 0.332 e. The molecule has 0 spiro atoms. The molecule has 2 atom stereocenters. The largest absolute Gasteiger partial charge is 0.369 e. The second-order valence-corrected chi connectivity index (χ2v) is 7.01. The molecule has 2 aromatic heterocycles. The van der Waals surface area contributed by atoms with Gasteiger partial charge in [-0.05, 0) is 24.1 Å². The fraction of sp³-hybridized carbons (Fsp3) is 0.389. The first-order chi connectivity index (χ1) is 12.9. The quantitative estimate of drug-likeness (QED) is 0.615. The summed E-state index contributed by atoms with van der Waals surface area (Å²) in [5, 5.41) is 2.12. The molecular formula is C18H20ClN5O3. The Hall–Kier alpha value is -2.58. The van der Waals surface area contributed by atoms with Crippen LogP contribution in [0.2, 0.25) is 5.28 Å². The molecule has 0 amide bonds. The molecule has 1 aliphatic rings. The van der Waals surface area contributed by atoms with Gasteiger partial charge in [0, 0.05) is 14.1 Å². The number of benzene rings is 1. The number of imidazole rings is 1. The van der Waals surface area contributed by atoms with Crippen molar-refractivity contribution >= 4 is 22.8 Å². The zero-order valence-corrected chi connectivity index (χ0v) is 16.1. The molecule has 2 unspecified atom stereocenters. The van der Waals surface area contributed by atoms with Crippen LogP contribution in [0.1, 0.15) is 18.6 Å². The summed E-state index contributed by atoms with van der Waals surface area (Å²) in [5.41, 5.74) is 0.734. The lowest BCUT2D eigenvalue weighted by molar-refractivity contribution is 0.00428. The van der Waals surface area contributed by atoms with Gasteiger partial charge in [0.05, 0.1) is 19.2 Å². The zero-order valence-electron chi connectivity index (χ0n) is 15.3. The summed E-state index contributed by atoms with van der Waals surface area (Å²) in [6, 6.07) is 9.82. The number of morpholine rings is 1. The molecule has 142 valence electrons. The molecule has 9 heteroatoms. The van der Waals surface area contributed by atoms with E-state index in [2.05, 4.69) is 4.98 Å². The van der Waals surface area contributed by atoms with Crippen molar-refractivity contribution in [1.82, 2.24) is 18.8 Å². The van der Waals surface area contributed by atoms with Gasteiger partial charge in [-0.25, -0.2) is 9.47 Å². The first-order valence-electron chi connectivity index (χ1n) is 8.69. The summed E-state index contributed by atoms with van der Waals surface area (Å²) in [6.45, 7) is 3.04. The summed E-state index contributed by atoms with van der Waals surface area (Å²) >= 11 is 6.41. The van der Waals surface area contributed by atoms with E-state index in [1.165, 1.54) is 11.6 Å². The van der Waals surface area contributed by atoms with Gasteiger partial charge in [-0.3, -0.25) is 13.9 Å². The van der Waals surface area contributed by atoms with Crippen molar-refractivity contribution in [3.8, 4) is 0 Å². The summed E-state index contributed by atoms with van der Waals surface area (Å²) in [4.78, 5) is 29.3. The molecule has 1 aromatic carbocycles. The minimum absolute atomic E-state index is 0.0991. The lowest BCUT2D eigenvalue weighted by atomic mass is 10.0. The molecule has 27 heavy (non-hydrogen) atoms. The fourth-order valence-electron chi connectivity index (χ4n) is 3.66. The van der Waals surface area contributed by atoms with Crippen molar-refractivity contribution in [2.75, 3.05) is 18.2 Å². The Morgan fingerprint density at radius 2 is 1.85 bits per heavy atom. The van der Waals surface area contributed by atoms with E-state index in [1.807, 2.05) is 42.3 Å². The van der Waals surface area contributed by atoms with E-state index in [1.54, 1.807) is 11.7 Å². The molecule has 0 bridgehead atoms. The third-order valence-electron chi connectivity index (χ3n) is 5.11. The van der Waals surface area contributed by atoms with Crippen LogP contribution in [0, 0.1) is 0 Å². The molecule has 0 radical (unpaired) electrons. The van der Waals surface area contributed by atoms with E-state index in [9.17, 15) is 9.59 Å². The van der Waals surface area contributed by atoms with Crippen molar-refractivity contribution in [3.63, 3.8) is 0 Å². The maximum absolute atomic E-state index is 12.8. The lowest BCUT2D eigenvalue weighted by Crippen LogP contribution is -2.52. The van der Waals surface area contributed by atoms with Crippen molar-refractivity contribution < 1.29 is 4.74 Å². The highest BCUT2D eigenvalue weighted by Crippen LogP contribution is 2.29. The van der Waals surface area contributed by atoms with Crippen LogP contribution in [-0.2, 0) is 18.8 Å². The predicted octanol–water partition coefficient (Wildman–Crippen LogP) is 1.19. The average Bonchev–Trinajstić information content (AvgIpc) is 3.03. The van der Waals surface area contributed by atoms with Gasteiger partial charge in [-0.2, -0.15) is 4.98 Å². The first-order valence-corrected chi connectivity index (χ1v) is 9.07. The van der Waals surface area contributed by atoms with Gasteiger partial charge in [0.1, 0.15) is 6.10 Å². The summed E-state index contributed by atoms with van der Waals surface area (Å²) in [5.74, 6) is 0. The van der Waals surface area contributed by atoms with Crippen LogP contribution in [0.4, 0.5) is 0 Å². The number of aryl methyl sites for hydroxylation is 1. The van der Waals surface area contributed by atoms with Crippen molar-refractivity contribution in [1.29, 1.82) is 0 Å². The Morgan fingerprint density at radius 1 is 1.15 bits per heavy atom. The number of fused-ring (bicyclic) bond motifs is 1. The molecule has 0 aliphatic carbocycles. The van der Waals surface area contributed by atoms with E-state index in [0.717, 1.165) is 10.1 Å². The van der Waals surface area contributed by atoms with Crippen molar-refractivity contribution in [3.05, 3.63) is 62.0 Å². The van der Waals surface area contributed by atoms with Gasteiger partial charge >= 0.3 is 5.69 Å². The van der Waals surface area contributed by atoms with E-state index in [4.69, 9.17) is 16.3 Å². The van der Waals surface area contributed by atoms with Crippen LogP contribution in [0.15, 0.2) is 39.9 Å². The monoisotopic (exact) mass is 389 g/mol. The van der Waals surface area contributed by atoms with Crippen LogP contribution >= 0.6 is 11.6 Å². The molecular weight excluding hydrogens is 370 g/mol. The first kappa shape index (κ1) is 17.8. The minimum atomic E-state index is -0.439. The van der Waals surface area contributed by atoms with Gasteiger partial charge in [-0.1, -0.05) is 30.3 Å². The molecule has 4 rings (SSSR count). The Bertz CT molecular complexity index is 1120. The number of halogens is 1. The van der Waals surface area contributed by atoms with Crippen LogP contribution in [0.3, 0.4) is 0 Å². The Balaban J connectivity index is 1.88.